The Balaban J connectivity index is 1.97. The van der Waals surface area contributed by atoms with E-state index in [9.17, 15) is 9.90 Å². The van der Waals surface area contributed by atoms with Crippen LogP contribution in [0.25, 0.3) is 0 Å². The minimum atomic E-state index is -0.257. The lowest BCUT2D eigenvalue weighted by Gasteiger charge is -2.15. The topological polar surface area (TPSA) is 58.6 Å². The fourth-order valence-electron chi connectivity index (χ4n) is 2.05. The number of phenols is 1. The van der Waals surface area contributed by atoms with Gasteiger partial charge in [-0.3, -0.25) is 4.79 Å². The van der Waals surface area contributed by atoms with Gasteiger partial charge in [0.25, 0.3) is 5.91 Å². The van der Waals surface area contributed by atoms with E-state index in [0.717, 1.165) is 17.5 Å². The smallest absolute Gasteiger partial charge is 0.255 e. The molecule has 0 aromatic heterocycles. The Kier molecular flexibility index (Phi) is 4.24. The number of hydrogen-bond acceptors (Lipinski definition) is 3. The van der Waals surface area contributed by atoms with Crippen LogP contribution in [0.3, 0.4) is 0 Å². The molecule has 0 bridgehead atoms. The predicted octanol–water partition coefficient (Wildman–Crippen LogP) is 2.31. The highest BCUT2D eigenvalue weighted by atomic mass is 79.9. The highest BCUT2D eigenvalue weighted by molar-refractivity contribution is 9.10. The molecule has 5 heteroatoms. The summed E-state index contributed by atoms with van der Waals surface area (Å²) >= 11 is 3.28. The van der Waals surface area contributed by atoms with Crippen molar-refractivity contribution in [3.63, 3.8) is 0 Å². The van der Waals surface area contributed by atoms with Gasteiger partial charge in [0.05, 0.1) is 11.7 Å². The van der Waals surface area contributed by atoms with Crippen molar-refractivity contribution in [2.45, 2.75) is 19.4 Å². The van der Waals surface area contributed by atoms with E-state index in [1.165, 1.54) is 6.07 Å². The second kappa shape index (κ2) is 5.71. The van der Waals surface area contributed by atoms with Crippen LogP contribution in [0.5, 0.6) is 5.75 Å². The molecule has 4 nitrogen and oxygen atoms in total. The van der Waals surface area contributed by atoms with Gasteiger partial charge in [0, 0.05) is 23.5 Å². The Labute approximate surface area is 114 Å². The summed E-state index contributed by atoms with van der Waals surface area (Å²) < 4.78 is 6.20. The lowest BCUT2D eigenvalue weighted by atomic mass is 10.0. The molecule has 18 heavy (non-hydrogen) atoms. The highest BCUT2D eigenvalue weighted by Crippen LogP contribution is 2.23. The summed E-state index contributed by atoms with van der Waals surface area (Å²) in [5, 5.41) is 12.5. The Morgan fingerprint density at radius 1 is 1.61 bits per heavy atom. The molecule has 2 rings (SSSR count). The number of amides is 1. The van der Waals surface area contributed by atoms with Gasteiger partial charge in [0.15, 0.2) is 0 Å². The Morgan fingerprint density at radius 3 is 3.06 bits per heavy atom. The van der Waals surface area contributed by atoms with Crippen molar-refractivity contribution in [3.8, 4) is 5.75 Å². The van der Waals surface area contributed by atoms with Gasteiger partial charge in [-0.2, -0.15) is 0 Å². The van der Waals surface area contributed by atoms with Crippen LogP contribution >= 0.6 is 15.9 Å². The molecular weight excluding hydrogens is 298 g/mol. The quantitative estimate of drug-likeness (QED) is 0.900. The van der Waals surface area contributed by atoms with Crippen molar-refractivity contribution < 1.29 is 14.6 Å². The lowest BCUT2D eigenvalue weighted by molar-refractivity contribution is 0.0905. The number of phenolic OH excluding ortho intramolecular Hbond substituents is 1. The summed E-state index contributed by atoms with van der Waals surface area (Å²) in [5.74, 6) is 0.0857. The van der Waals surface area contributed by atoms with Gasteiger partial charge in [0.1, 0.15) is 5.75 Å². The molecule has 1 heterocycles. The molecule has 1 amide bonds. The summed E-state index contributed by atoms with van der Waals surface area (Å²) in [6.45, 7) is 3.34. The number of rotatable bonds is 3. The summed E-state index contributed by atoms with van der Waals surface area (Å²) in [6, 6.07) is 4.80. The second-order valence-electron chi connectivity index (χ2n) is 4.50. The van der Waals surface area contributed by atoms with Crippen LogP contribution < -0.4 is 5.32 Å². The van der Waals surface area contributed by atoms with E-state index < -0.39 is 0 Å². The standard InChI is InChI=1S/C13H16BrNO3/c1-8-9(4-5-18-8)7-15-13(17)11-6-10(14)2-3-12(11)16/h2-3,6,8-9,16H,4-5,7H2,1H3,(H,15,17). The van der Waals surface area contributed by atoms with Crippen molar-refractivity contribution in [3.05, 3.63) is 28.2 Å². The Morgan fingerprint density at radius 2 is 2.39 bits per heavy atom. The number of aromatic hydroxyl groups is 1. The van der Waals surface area contributed by atoms with Gasteiger partial charge in [-0.25, -0.2) is 0 Å². The zero-order chi connectivity index (χ0) is 13.1. The van der Waals surface area contributed by atoms with Gasteiger partial charge in [-0.1, -0.05) is 15.9 Å². The molecule has 1 fully saturated rings. The zero-order valence-corrected chi connectivity index (χ0v) is 11.7. The summed E-state index contributed by atoms with van der Waals surface area (Å²) in [6.07, 6.45) is 1.15. The number of ether oxygens (including phenoxy) is 1. The predicted molar refractivity (Wildman–Crippen MR) is 71.7 cm³/mol. The molecule has 0 aliphatic carbocycles. The van der Waals surface area contributed by atoms with Gasteiger partial charge < -0.3 is 15.2 Å². The maximum Gasteiger partial charge on any atom is 0.255 e. The van der Waals surface area contributed by atoms with E-state index in [0.29, 0.717) is 12.5 Å². The molecular formula is C13H16BrNO3. The number of hydrogen-bond donors (Lipinski definition) is 2. The molecule has 1 aromatic carbocycles. The Hall–Kier alpha value is -1.07. The van der Waals surface area contributed by atoms with E-state index in [4.69, 9.17) is 4.74 Å². The second-order valence-corrected chi connectivity index (χ2v) is 5.41. The molecule has 1 aromatic rings. The van der Waals surface area contributed by atoms with E-state index in [1.54, 1.807) is 12.1 Å². The fraction of sp³-hybridized carbons (Fsp3) is 0.462. The first-order valence-electron chi connectivity index (χ1n) is 5.96. The number of carbonyl (C=O) groups is 1. The molecule has 98 valence electrons. The number of benzene rings is 1. The molecule has 2 N–H and O–H groups in total. The minimum Gasteiger partial charge on any atom is -0.507 e. The van der Waals surface area contributed by atoms with Crippen LogP contribution in [0, 0.1) is 5.92 Å². The largest absolute Gasteiger partial charge is 0.507 e. The van der Waals surface area contributed by atoms with E-state index >= 15 is 0 Å². The highest BCUT2D eigenvalue weighted by Gasteiger charge is 2.24. The maximum absolute atomic E-state index is 11.9. The SMILES string of the molecule is CC1OCCC1CNC(=O)c1cc(Br)ccc1O. The average molecular weight is 314 g/mol. The molecule has 1 aliphatic rings. The van der Waals surface area contributed by atoms with Crippen molar-refractivity contribution in [2.75, 3.05) is 13.2 Å². The normalized spacial score (nSPS) is 23.0. The number of nitrogens with one attached hydrogen (secondary N) is 1. The molecule has 0 radical (unpaired) electrons. The molecule has 1 aliphatic heterocycles. The zero-order valence-electron chi connectivity index (χ0n) is 10.1. The Bertz CT molecular complexity index is 450. The molecule has 0 spiro atoms. The van der Waals surface area contributed by atoms with Crippen LogP contribution in [0.15, 0.2) is 22.7 Å². The molecule has 2 atom stereocenters. The van der Waals surface area contributed by atoms with Gasteiger partial charge in [0.2, 0.25) is 0 Å². The van der Waals surface area contributed by atoms with Crippen molar-refractivity contribution >= 4 is 21.8 Å². The lowest BCUT2D eigenvalue weighted by Crippen LogP contribution is -2.32. The van der Waals surface area contributed by atoms with Crippen molar-refractivity contribution in [2.24, 2.45) is 5.92 Å². The summed E-state index contributed by atoms with van der Waals surface area (Å²) in [4.78, 5) is 11.9. The molecule has 1 saturated heterocycles. The summed E-state index contributed by atoms with van der Waals surface area (Å²) in [5.41, 5.74) is 0.288. The van der Waals surface area contributed by atoms with E-state index in [2.05, 4.69) is 21.2 Å². The van der Waals surface area contributed by atoms with Crippen LogP contribution in [0.1, 0.15) is 23.7 Å². The van der Waals surface area contributed by atoms with Crippen LogP contribution in [0.2, 0.25) is 0 Å². The first-order chi connectivity index (χ1) is 8.58. The third-order valence-corrected chi connectivity index (χ3v) is 3.75. The third-order valence-electron chi connectivity index (χ3n) is 3.26. The van der Waals surface area contributed by atoms with Crippen molar-refractivity contribution in [1.82, 2.24) is 5.32 Å². The molecule has 2 unspecified atom stereocenters. The monoisotopic (exact) mass is 313 g/mol. The van der Waals surface area contributed by atoms with Gasteiger partial charge in [-0.15, -0.1) is 0 Å². The summed E-state index contributed by atoms with van der Waals surface area (Å²) in [7, 11) is 0. The first kappa shape index (κ1) is 13.4. The average Bonchev–Trinajstić information content (AvgIpc) is 2.75. The van der Waals surface area contributed by atoms with E-state index in [1.807, 2.05) is 6.92 Å². The number of halogens is 1. The maximum atomic E-state index is 11.9. The van der Waals surface area contributed by atoms with Crippen LogP contribution in [-0.2, 0) is 4.74 Å². The van der Waals surface area contributed by atoms with Gasteiger partial charge in [-0.05, 0) is 31.5 Å². The van der Waals surface area contributed by atoms with Crippen molar-refractivity contribution in [1.29, 1.82) is 0 Å². The van der Waals surface area contributed by atoms with E-state index in [-0.39, 0.29) is 23.3 Å². The van der Waals surface area contributed by atoms with Crippen LogP contribution in [-0.4, -0.2) is 30.3 Å². The molecule has 0 saturated carbocycles. The fourth-order valence-corrected chi connectivity index (χ4v) is 2.41. The van der Waals surface area contributed by atoms with Crippen LogP contribution in [0.4, 0.5) is 0 Å². The minimum absolute atomic E-state index is 0.00794. The number of carbonyl (C=O) groups excluding carboxylic acids is 1. The third kappa shape index (κ3) is 3.03. The first-order valence-corrected chi connectivity index (χ1v) is 6.75. The van der Waals surface area contributed by atoms with Gasteiger partial charge >= 0.3 is 0 Å².